The van der Waals surface area contributed by atoms with E-state index in [1.807, 2.05) is 12.1 Å². The van der Waals surface area contributed by atoms with Crippen molar-refractivity contribution < 1.29 is 4.42 Å². The molecule has 2 heterocycles. The number of aromatic nitrogens is 1. The van der Waals surface area contributed by atoms with E-state index in [9.17, 15) is 0 Å². The predicted molar refractivity (Wildman–Crippen MR) is 268 cm³/mol. The van der Waals surface area contributed by atoms with Crippen LogP contribution in [0.1, 0.15) is 0 Å². The van der Waals surface area contributed by atoms with Gasteiger partial charge in [0.05, 0.1) is 11.0 Å². The van der Waals surface area contributed by atoms with Gasteiger partial charge in [-0.15, -0.1) is 0 Å². The van der Waals surface area contributed by atoms with Crippen molar-refractivity contribution in [1.29, 1.82) is 0 Å². The van der Waals surface area contributed by atoms with Gasteiger partial charge in [0, 0.05) is 61.4 Å². The molecule has 0 amide bonds. The first kappa shape index (κ1) is 37.2. The van der Waals surface area contributed by atoms with Crippen LogP contribution in [0.2, 0.25) is 0 Å². The average molecular weight is 820 g/mol. The van der Waals surface area contributed by atoms with Crippen LogP contribution < -0.4 is 9.80 Å². The zero-order valence-corrected chi connectivity index (χ0v) is 34.9. The summed E-state index contributed by atoms with van der Waals surface area (Å²) in [6.07, 6.45) is 0. The zero-order chi connectivity index (χ0) is 42.4. The van der Waals surface area contributed by atoms with Gasteiger partial charge in [0.2, 0.25) is 0 Å². The maximum Gasteiger partial charge on any atom is 0.136 e. The number of hydrogen-bond acceptors (Lipinski definition) is 3. The third-order valence-electron chi connectivity index (χ3n) is 12.4. The van der Waals surface area contributed by atoms with Gasteiger partial charge in [-0.1, -0.05) is 127 Å². The summed E-state index contributed by atoms with van der Waals surface area (Å²) >= 11 is 0. The van der Waals surface area contributed by atoms with Gasteiger partial charge in [0.25, 0.3) is 0 Å². The molecule has 0 radical (unpaired) electrons. The van der Waals surface area contributed by atoms with Crippen LogP contribution in [0.4, 0.5) is 34.1 Å². The van der Waals surface area contributed by atoms with E-state index in [-0.39, 0.29) is 0 Å². The Morgan fingerprint density at radius 3 is 1.27 bits per heavy atom. The summed E-state index contributed by atoms with van der Waals surface area (Å²) < 4.78 is 8.59. The Morgan fingerprint density at radius 1 is 0.266 bits per heavy atom. The van der Waals surface area contributed by atoms with Crippen molar-refractivity contribution in [3.63, 3.8) is 0 Å². The molecule has 302 valence electrons. The molecule has 0 N–H and O–H groups in total. The first-order valence-corrected chi connectivity index (χ1v) is 21.7. The van der Waals surface area contributed by atoms with Crippen molar-refractivity contribution in [2.45, 2.75) is 0 Å². The molecule has 0 unspecified atom stereocenters. The highest BCUT2D eigenvalue weighted by Gasteiger charge is 2.18. The van der Waals surface area contributed by atoms with Gasteiger partial charge in [0.15, 0.2) is 0 Å². The van der Waals surface area contributed by atoms with Crippen LogP contribution >= 0.6 is 0 Å². The largest absolute Gasteiger partial charge is 0.456 e. The van der Waals surface area contributed by atoms with Gasteiger partial charge in [-0.3, -0.25) is 0 Å². The van der Waals surface area contributed by atoms with Crippen LogP contribution in [0.25, 0.3) is 71.7 Å². The Bertz CT molecular complexity index is 3580. The number of nitrogens with zero attached hydrogens (tertiary/aromatic N) is 3. The molecule has 0 saturated heterocycles. The Hall–Kier alpha value is -8.60. The second-order valence-corrected chi connectivity index (χ2v) is 16.2. The van der Waals surface area contributed by atoms with E-state index in [1.54, 1.807) is 0 Å². The lowest BCUT2D eigenvalue weighted by atomic mass is 10.0. The lowest BCUT2D eigenvalue weighted by Crippen LogP contribution is -2.12. The molecule has 4 nitrogen and oxygen atoms in total. The topological polar surface area (TPSA) is 24.6 Å². The van der Waals surface area contributed by atoms with Crippen molar-refractivity contribution in [2.24, 2.45) is 0 Å². The van der Waals surface area contributed by atoms with Crippen LogP contribution in [0.15, 0.2) is 253 Å². The summed E-state index contributed by atoms with van der Waals surface area (Å²) in [6, 6.07) is 88.7. The lowest BCUT2D eigenvalue weighted by molar-refractivity contribution is 0.669. The maximum atomic E-state index is 6.22. The van der Waals surface area contributed by atoms with E-state index in [4.69, 9.17) is 4.42 Å². The molecule has 0 bridgehead atoms. The molecule has 64 heavy (non-hydrogen) atoms. The highest BCUT2D eigenvalue weighted by molar-refractivity contribution is 6.10. The van der Waals surface area contributed by atoms with Gasteiger partial charge in [-0.25, -0.2) is 0 Å². The molecule has 0 atom stereocenters. The van der Waals surface area contributed by atoms with Gasteiger partial charge in [-0.05, 0) is 144 Å². The quantitative estimate of drug-likeness (QED) is 0.145. The molecule has 2 aromatic heterocycles. The van der Waals surface area contributed by atoms with Crippen molar-refractivity contribution in [2.75, 3.05) is 9.80 Å². The number of fused-ring (bicyclic) bond motifs is 6. The van der Waals surface area contributed by atoms with Crippen LogP contribution in [-0.4, -0.2) is 4.57 Å². The van der Waals surface area contributed by atoms with E-state index >= 15 is 0 Å². The molecule has 0 saturated carbocycles. The third-order valence-corrected chi connectivity index (χ3v) is 12.4. The van der Waals surface area contributed by atoms with Crippen LogP contribution in [0, 0.1) is 0 Å². The molecular weight excluding hydrogens is 779 g/mol. The van der Waals surface area contributed by atoms with Gasteiger partial charge in [-0.2, -0.15) is 0 Å². The van der Waals surface area contributed by atoms with E-state index in [2.05, 4.69) is 251 Å². The molecule has 0 spiro atoms. The Balaban J connectivity index is 0.868. The van der Waals surface area contributed by atoms with Crippen LogP contribution in [0.3, 0.4) is 0 Å². The van der Waals surface area contributed by atoms with Gasteiger partial charge < -0.3 is 18.8 Å². The summed E-state index contributed by atoms with van der Waals surface area (Å²) in [6.45, 7) is 0. The number of para-hydroxylation sites is 5. The van der Waals surface area contributed by atoms with Gasteiger partial charge >= 0.3 is 0 Å². The molecular formula is C60H41N3O. The maximum absolute atomic E-state index is 6.22. The number of furan rings is 1. The molecule has 4 heteroatoms. The third kappa shape index (κ3) is 6.57. The van der Waals surface area contributed by atoms with Crippen LogP contribution in [0.5, 0.6) is 0 Å². The minimum atomic E-state index is 0.899. The van der Waals surface area contributed by atoms with Crippen molar-refractivity contribution in [1.82, 2.24) is 4.57 Å². The minimum Gasteiger partial charge on any atom is -0.456 e. The van der Waals surface area contributed by atoms with E-state index < -0.39 is 0 Å². The summed E-state index contributed by atoms with van der Waals surface area (Å²) in [7, 11) is 0. The first-order valence-electron chi connectivity index (χ1n) is 21.7. The predicted octanol–water partition coefficient (Wildman–Crippen LogP) is 17.0. The fourth-order valence-electron chi connectivity index (χ4n) is 9.32. The normalized spacial score (nSPS) is 11.4. The van der Waals surface area contributed by atoms with E-state index in [0.29, 0.717) is 0 Å². The standard InChI is InChI=1S/C60H41N3O/c1-4-14-46(15-5-1)61(49-30-24-42(25-31-49)44-29-39-58-56(40-44)53-20-10-12-22-57(53)63(58)48-18-8-3-9-19-48)51-34-36-52(37-35-51)62(47-16-6-2-7-17-47)50-32-26-43(27-33-50)45-28-38-55-54-21-11-13-23-59(54)64-60(55)41-45/h1-41H. The Kier molecular flexibility index (Phi) is 9.12. The summed E-state index contributed by atoms with van der Waals surface area (Å²) in [5.74, 6) is 0. The number of benzene rings is 10. The highest BCUT2D eigenvalue weighted by atomic mass is 16.3. The van der Waals surface area contributed by atoms with Crippen molar-refractivity contribution >= 4 is 77.9 Å². The van der Waals surface area contributed by atoms with Crippen molar-refractivity contribution in [3.05, 3.63) is 249 Å². The summed E-state index contributed by atoms with van der Waals surface area (Å²) in [5.41, 5.74) is 16.5. The number of rotatable bonds is 9. The molecule has 0 fully saturated rings. The fraction of sp³-hybridized carbons (Fsp3) is 0. The lowest BCUT2D eigenvalue weighted by Gasteiger charge is -2.28. The Morgan fingerprint density at radius 2 is 0.672 bits per heavy atom. The first-order chi connectivity index (χ1) is 31.7. The molecule has 12 aromatic rings. The molecule has 0 aliphatic carbocycles. The molecule has 12 rings (SSSR count). The molecule has 0 aliphatic rings. The van der Waals surface area contributed by atoms with Crippen molar-refractivity contribution in [3.8, 4) is 27.9 Å². The number of anilines is 6. The second kappa shape index (κ2) is 15.7. The fourth-order valence-corrected chi connectivity index (χ4v) is 9.32. The average Bonchev–Trinajstić information content (AvgIpc) is 3.91. The highest BCUT2D eigenvalue weighted by Crippen LogP contribution is 2.41. The smallest absolute Gasteiger partial charge is 0.136 e. The monoisotopic (exact) mass is 819 g/mol. The van der Waals surface area contributed by atoms with E-state index in [1.165, 1.54) is 32.9 Å². The van der Waals surface area contributed by atoms with Crippen LogP contribution in [-0.2, 0) is 0 Å². The SMILES string of the molecule is c1ccc(N(c2ccc(-c3ccc4c(c3)oc3ccccc34)cc2)c2ccc(N(c3ccccc3)c3ccc(-c4ccc5c(c4)c4ccccc4n5-c4ccccc4)cc3)cc2)cc1. The minimum absolute atomic E-state index is 0.899. The molecule has 10 aromatic carbocycles. The van der Waals surface area contributed by atoms with E-state index in [0.717, 1.165) is 72.9 Å². The second-order valence-electron chi connectivity index (χ2n) is 16.2. The summed E-state index contributed by atoms with van der Waals surface area (Å²) in [5, 5.41) is 4.77. The zero-order valence-electron chi connectivity index (χ0n) is 34.9. The summed E-state index contributed by atoms with van der Waals surface area (Å²) in [4.78, 5) is 4.64. The number of hydrogen-bond donors (Lipinski definition) is 0. The molecule has 0 aliphatic heterocycles. The Labute approximate surface area is 371 Å². The van der Waals surface area contributed by atoms with Gasteiger partial charge in [0.1, 0.15) is 11.2 Å².